The van der Waals surface area contributed by atoms with Gasteiger partial charge in [-0.15, -0.1) is 11.3 Å². The van der Waals surface area contributed by atoms with E-state index in [4.69, 9.17) is 23.2 Å². The molecule has 17 heavy (non-hydrogen) atoms. The van der Waals surface area contributed by atoms with Crippen molar-refractivity contribution in [3.63, 3.8) is 0 Å². The second-order valence-electron chi connectivity index (χ2n) is 3.80. The molecule has 2 aromatic rings. The number of benzene rings is 1. The van der Waals surface area contributed by atoms with Gasteiger partial charge in [0.25, 0.3) is 0 Å². The Morgan fingerprint density at radius 1 is 1.24 bits per heavy atom. The van der Waals surface area contributed by atoms with Crippen LogP contribution in [0, 0.1) is 13.8 Å². The van der Waals surface area contributed by atoms with Gasteiger partial charge in [-0.3, -0.25) is 4.79 Å². The summed E-state index contributed by atoms with van der Waals surface area (Å²) in [5.41, 5.74) is 1.44. The average molecular weight is 285 g/mol. The Hall–Kier alpha value is -0.830. The van der Waals surface area contributed by atoms with E-state index >= 15 is 0 Å². The molecule has 0 spiro atoms. The first kappa shape index (κ1) is 12.6. The summed E-state index contributed by atoms with van der Waals surface area (Å²) in [7, 11) is 0. The predicted molar refractivity (Wildman–Crippen MR) is 73.7 cm³/mol. The van der Waals surface area contributed by atoms with Crippen molar-refractivity contribution in [3.05, 3.63) is 55.2 Å². The first-order valence-electron chi connectivity index (χ1n) is 5.06. The van der Waals surface area contributed by atoms with Crippen molar-refractivity contribution in [2.24, 2.45) is 0 Å². The molecule has 1 nitrogen and oxygen atoms in total. The maximum absolute atomic E-state index is 12.3. The minimum Gasteiger partial charge on any atom is -0.288 e. The summed E-state index contributed by atoms with van der Waals surface area (Å²) in [6.45, 7) is 3.91. The van der Waals surface area contributed by atoms with E-state index in [2.05, 4.69) is 0 Å². The summed E-state index contributed by atoms with van der Waals surface area (Å²) in [5, 5.41) is 0.730. The number of rotatable bonds is 2. The fourth-order valence-electron chi connectivity index (χ4n) is 1.67. The maximum atomic E-state index is 12.3. The lowest BCUT2D eigenvalue weighted by Gasteiger charge is -2.04. The molecule has 0 saturated heterocycles. The zero-order chi connectivity index (χ0) is 12.6. The van der Waals surface area contributed by atoms with E-state index in [9.17, 15) is 4.79 Å². The third-order valence-corrected chi connectivity index (χ3v) is 4.41. The molecule has 1 aromatic heterocycles. The van der Waals surface area contributed by atoms with E-state index in [-0.39, 0.29) is 5.78 Å². The first-order chi connectivity index (χ1) is 8.00. The number of ketones is 1. The van der Waals surface area contributed by atoms with Crippen molar-refractivity contribution in [3.8, 4) is 0 Å². The Labute approximate surface area is 114 Å². The number of carbonyl (C=O) groups excluding carboxylic acids is 1. The number of carbonyl (C=O) groups is 1. The Bertz CT molecular complexity index is 587. The second kappa shape index (κ2) is 4.81. The third-order valence-electron chi connectivity index (χ3n) is 2.44. The predicted octanol–water partition coefficient (Wildman–Crippen LogP) is 4.90. The Kier molecular flexibility index (Phi) is 3.57. The number of halogens is 2. The van der Waals surface area contributed by atoms with Gasteiger partial charge in [-0.2, -0.15) is 0 Å². The van der Waals surface area contributed by atoms with Crippen molar-refractivity contribution >= 4 is 40.3 Å². The molecule has 0 N–H and O–H groups in total. The highest BCUT2D eigenvalue weighted by Crippen LogP contribution is 2.30. The van der Waals surface area contributed by atoms with Gasteiger partial charge in [-0.25, -0.2) is 0 Å². The van der Waals surface area contributed by atoms with Crippen LogP contribution < -0.4 is 0 Å². The molecule has 0 aliphatic rings. The van der Waals surface area contributed by atoms with Crippen LogP contribution in [0.2, 0.25) is 10.0 Å². The van der Waals surface area contributed by atoms with Crippen LogP contribution in [0.1, 0.15) is 25.7 Å². The Balaban J connectivity index is 2.51. The third kappa shape index (κ3) is 2.39. The van der Waals surface area contributed by atoms with E-state index in [1.807, 2.05) is 19.9 Å². The van der Waals surface area contributed by atoms with E-state index in [1.54, 1.807) is 18.2 Å². The molecule has 1 heterocycles. The number of hydrogen-bond donors (Lipinski definition) is 0. The summed E-state index contributed by atoms with van der Waals surface area (Å²) < 4.78 is 0. The summed E-state index contributed by atoms with van der Waals surface area (Å²) in [4.78, 5) is 14.2. The minimum atomic E-state index is -0.0619. The Morgan fingerprint density at radius 3 is 2.53 bits per heavy atom. The molecule has 2 rings (SSSR count). The van der Waals surface area contributed by atoms with E-state index in [0.29, 0.717) is 15.6 Å². The molecule has 0 aliphatic heterocycles. The summed E-state index contributed by atoms with van der Waals surface area (Å²) in [6, 6.07) is 7.10. The highest BCUT2D eigenvalue weighted by molar-refractivity contribution is 7.14. The first-order valence-corrected chi connectivity index (χ1v) is 6.63. The minimum absolute atomic E-state index is 0.0619. The molecule has 0 unspecified atom stereocenters. The average Bonchev–Trinajstić information content (AvgIpc) is 2.61. The smallest absolute Gasteiger partial charge is 0.204 e. The molecule has 88 valence electrons. The molecule has 0 radical (unpaired) electrons. The molecule has 0 amide bonds. The number of hydrogen-bond acceptors (Lipinski definition) is 2. The van der Waals surface area contributed by atoms with Gasteiger partial charge in [0.15, 0.2) is 0 Å². The number of thiophene rings is 1. The van der Waals surface area contributed by atoms with Crippen LogP contribution in [0.25, 0.3) is 0 Å². The molecular weight excluding hydrogens is 275 g/mol. The molecule has 0 aliphatic carbocycles. The lowest BCUT2D eigenvalue weighted by atomic mass is 10.1. The summed E-state index contributed by atoms with van der Waals surface area (Å²) >= 11 is 13.4. The zero-order valence-electron chi connectivity index (χ0n) is 9.38. The molecular formula is C13H10Cl2OS. The van der Waals surface area contributed by atoms with Crippen molar-refractivity contribution in [1.29, 1.82) is 0 Å². The van der Waals surface area contributed by atoms with Gasteiger partial charge in [0, 0.05) is 10.4 Å². The standard InChI is InChI=1S/C13H10Cl2OS/c1-7-6-8(2)17-13(7)12(16)9-4-3-5-10(14)11(9)15/h3-6H,1-2H3. The molecule has 0 atom stereocenters. The molecule has 0 saturated carbocycles. The van der Waals surface area contributed by atoms with Crippen LogP contribution in [0.3, 0.4) is 0 Å². The quantitative estimate of drug-likeness (QED) is 0.717. The van der Waals surface area contributed by atoms with Crippen molar-refractivity contribution < 1.29 is 4.79 Å². The maximum Gasteiger partial charge on any atom is 0.204 e. The fourth-order valence-corrected chi connectivity index (χ4v) is 3.03. The van der Waals surface area contributed by atoms with Crippen molar-refractivity contribution in [2.75, 3.05) is 0 Å². The second-order valence-corrected chi connectivity index (χ2v) is 5.84. The lowest BCUT2D eigenvalue weighted by Crippen LogP contribution is -2.01. The van der Waals surface area contributed by atoms with Gasteiger partial charge in [0.2, 0.25) is 5.78 Å². The lowest BCUT2D eigenvalue weighted by molar-refractivity contribution is 0.104. The van der Waals surface area contributed by atoms with Crippen LogP contribution >= 0.6 is 34.5 Å². The molecule has 0 bridgehead atoms. The normalized spacial score (nSPS) is 10.6. The van der Waals surface area contributed by atoms with Crippen LogP contribution in [-0.4, -0.2) is 5.78 Å². The van der Waals surface area contributed by atoms with Gasteiger partial charge in [0.05, 0.1) is 14.9 Å². The topological polar surface area (TPSA) is 17.1 Å². The van der Waals surface area contributed by atoms with E-state index < -0.39 is 0 Å². The van der Waals surface area contributed by atoms with Gasteiger partial charge in [-0.05, 0) is 37.6 Å². The van der Waals surface area contributed by atoms with Gasteiger partial charge >= 0.3 is 0 Å². The SMILES string of the molecule is Cc1cc(C)c(C(=O)c2cccc(Cl)c2Cl)s1. The van der Waals surface area contributed by atoms with Gasteiger partial charge in [-0.1, -0.05) is 29.3 Å². The van der Waals surface area contributed by atoms with Gasteiger partial charge < -0.3 is 0 Å². The van der Waals surface area contributed by atoms with Crippen molar-refractivity contribution in [2.45, 2.75) is 13.8 Å². The van der Waals surface area contributed by atoms with E-state index in [1.165, 1.54) is 11.3 Å². The van der Waals surface area contributed by atoms with Gasteiger partial charge in [0.1, 0.15) is 0 Å². The summed E-state index contributed by atoms with van der Waals surface area (Å²) in [6.07, 6.45) is 0. The number of aryl methyl sites for hydroxylation is 2. The van der Waals surface area contributed by atoms with Crippen LogP contribution in [0.4, 0.5) is 0 Å². The largest absolute Gasteiger partial charge is 0.288 e. The monoisotopic (exact) mass is 284 g/mol. The molecule has 4 heteroatoms. The molecule has 1 aromatic carbocycles. The fraction of sp³-hybridized carbons (Fsp3) is 0.154. The summed E-state index contributed by atoms with van der Waals surface area (Å²) in [5.74, 6) is -0.0619. The Morgan fingerprint density at radius 2 is 1.94 bits per heavy atom. The van der Waals surface area contributed by atoms with Crippen LogP contribution in [0.15, 0.2) is 24.3 Å². The van der Waals surface area contributed by atoms with E-state index in [0.717, 1.165) is 15.3 Å². The zero-order valence-corrected chi connectivity index (χ0v) is 11.7. The molecule has 0 fully saturated rings. The highest BCUT2D eigenvalue weighted by Gasteiger charge is 2.18. The van der Waals surface area contributed by atoms with Crippen LogP contribution in [0.5, 0.6) is 0 Å². The van der Waals surface area contributed by atoms with Crippen molar-refractivity contribution in [1.82, 2.24) is 0 Å². The van der Waals surface area contributed by atoms with Crippen LogP contribution in [-0.2, 0) is 0 Å². The highest BCUT2D eigenvalue weighted by atomic mass is 35.5.